The van der Waals surface area contributed by atoms with Gasteiger partial charge in [-0.05, 0) is 58.6 Å². The smallest absolute Gasteiger partial charge is 0.294 e. The van der Waals surface area contributed by atoms with E-state index >= 15 is 0 Å². The molecule has 3 aromatic rings. The molecule has 5 rings (SSSR count). The summed E-state index contributed by atoms with van der Waals surface area (Å²) in [6, 6.07) is 23.1. The van der Waals surface area contributed by atoms with Crippen LogP contribution in [0.25, 0.3) is 6.08 Å². The maximum Gasteiger partial charge on any atom is 0.294 e. The molecule has 3 amide bonds. The number of methoxy groups -OCH3 is 1. The highest BCUT2D eigenvalue weighted by molar-refractivity contribution is 8.18. The van der Waals surface area contributed by atoms with Crippen LogP contribution in [0.5, 0.6) is 11.5 Å². The summed E-state index contributed by atoms with van der Waals surface area (Å²) < 4.78 is 11.4. The van der Waals surface area contributed by atoms with Crippen LogP contribution in [-0.2, 0) is 29.2 Å². The van der Waals surface area contributed by atoms with Crippen molar-refractivity contribution < 1.29 is 23.9 Å². The number of rotatable bonds is 7. The van der Waals surface area contributed by atoms with Gasteiger partial charge < -0.3 is 14.4 Å². The van der Waals surface area contributed by atoms with Gasteiger partial charge in [-0.15, -0.1) is 0 Å². The van der Waals surface area contributed by atoms with E-state index in [1.54, 1.807) is 36.3 Å². The molecule has 3 aromatic carbocycles. The van der Waals surface area contributed by atoms with Gasteiger partial charge in [0.1, 0.15) is 13.2 Å². The Kier molecular flexibility index (Phi) is 7.28. The lowest BCUT2D eigenvalue weighted by Crippen LogP contribution is -2.44. The first kappa shape index (κ1) is 24.6. The molecule has 7 nitrogen and oxygen atoms in total. The molecule has 0 atom stereocenters. The molecule has 8 heteroatoms. The first-order chi connectivity index (χ1) is 18.0. The lowest BCUT2D eigenvalue weighted by atomic mass is 10.00. The van der Waals surface area contributed by atoms with Crippen LogP contribution in [0.1, 0.15) is 22.3 Å². The number of nitrogens with zero attached hydrogens (tertiary/aromatic N) is 2. The molecule has 0 unspecified atom stereocenters. The van der Waals surface area contributed by atoms with Crippen LogP contribution in [0, 0.1) is 0 Å². The van der Waals surface area contributed by atoms with E-state index in [9.17, 15) is 14.4 Å². The number of thioether (sulfide) groups is 1. The maximum atomic E-state index is 13.0. The van der Waals surface area contributed by atoms with Crippen LogP contribution in [0.3, 0.4) is 0 Å². The summed E-state index contributed by atoms with van der Waals surface area (Å²) in [5, 5.41) is -0.447. The Morgan fingerprint density at radius 1 is 0.973 bits per heavy atom. The van der Waals surface area contributed by atoms with Gasteiger partial charge in [-0.2, -0.15) is 0 Å². The molecule has 1 fully saturated rings. The van der Waals surface area contributed by atoms with Crippen LogP contribution >= 0.6 is 11.8 Å². The number of carbonyl (C=O) groups is 3. The van der Waals surface area contributed by atoms with Gasteiger partial charge in [-0.3, -0.25) is 19.3 Å². The van der Waals surface area contributed by atoms with Crippen LogP contribution < -0.4 is 9.47 Å². The second-order valence-electron chi connectivity index (χ2n) is 8.79. The van der Waals surface area contributed by atoms with Crippen LogP contribution in [0.2, 0.25) is 0 Å². The summed E-state index contributed by atoms with van der Waals surface area (Å²) in [4.78, 5) is 41.5. The summed E-state index contributed by atoms with van der Waals surface area (Å²) in [7, 11) is 1.55. The van der Waals surface area contributed by atoms with Gasteiger partial charge in [0.25, 0.3) is 11.1 Å². The number of fused-ring (bicyclic) bond motifs is 1. The molecular formula is C29H26N2O5S. The predicted octanol–water partition coefficient (Wildman–Crippen LogP) is 4.90. The number of hydrogen-bond donors (Lipinski definition) is 0. The van der Waals surface area contributed by atoms with Crippen molar-refractivity contribution in [1.29, 1.82) is 0 Å². The van der Waals surface area contributed by atoms with Crippen molar-refractivity contribution >= 4 is 34.9 Å². The Balaban J connectivity index is 1.25. The minimum atomic E-state index is -0.468. The lowest BCUT2D eigenvalue weighted by molar-refractivity contribution is -0.136. The normalized spacial score (nSPS) is 16.2. The van der Waals surface area contributed by atoms with E-state index in [4.69, 9.17) is 9.47 Å². The standard InChI is InChI=1S/C29H26N2O5S/c1-35-25-15-21(11-12-24(25)36-19-20-7-3-2-4-8-20)16-26-28(33)31(29(34)37-26)18-27(32)30-14-13-22-9-5-6-10-23(22)17-30/h2-12,15-16H,13-14,17-19H2,1H3/b26-16+. The average Bonchev–Trinajstić information content (AvgIpc) is 3.19. The van der Waals surface area contributed by atoms with E-state index in [0.717, 1.165) is 34.2 Å². The fourth-order valence-electron chi connectivity index (χ4n) is 4.36. The molecule has 2 heterocycles. The topological polar surface area (TPSA) is 76.2 Å². The first-order valence-electron chi connectivity index (χ1n) is 12.0. The van der Waals surface area contributed by atoms with E-state index in [1.165, 1.54) is 5.56 Å². The average molecular weight is 515 g/mol. The Morgan fingerprint density at radius 2 is 1.73 bits per heavy atom. The van der Waals surface area contributed by atoms with Crippen molar-refractivity contribution in [3.8, 4) is 11.5 Å². The molecule has 37 heavy (non-hydrogen) atoms. The number of benzene rings is 3. The monoisotopic (exact) mass is 514 g/mol. The molecule has 0 spiro atoms. The van der Waals surface area contributed by atoms with Crippen LogP contribution in [-0.4, -0.2) is 47.1 Å². The molecular weight excluding hydrogens is 488 g/mol. The fourth-order valence-corrected chi connectivity index (χ4v) is 5.20. The molecule has 0 N–H and O–H groups in total. The minimum Gasteiger partial charge on any atom is -0.493 e. The zero-order chi connectivity index (χ0) is 25.8. The Hall–Kier alpha value is -4.04. The third-order valence-corrected chi connectivity index (χ3v) is 7.28. The van der Waals surface area contributed by atoms with E-state index in [0.29, 0.717) is 36.8 Å². The van der Waals surface area contributed by atoms with Gasteiger partial charge in [-0.25, -0.2) is 0 Å². The highest BCUT2D eigenvalue weighted by Crippen LogP contribution is 2.35. The largest absolute Gasteiger partial charge is 0.493 e. The first-order valence-corrected chi connectivity index (χ1v) is 12.8. The van der Waals surface area contributed by atoms with E-state index in [2.05, 4.69) is 6.07 Å². The van der Waals surface area contributed by atoms with Gasteiger partial charge in [0.15, 0.2) is 11.5 Å². The van der Waals surface area contributed by atoms with Gasteiger partial charge >= 0.3 is 0 Å². The third-order valence-electron chi connectivity index (χ3n) is 6.37. The predicted molar refractivity (Wildman–Crippen MR) is 142 cm³/mol. The Bertz CT molecular complexity index is 1370. The summed E-state index contributed by atoms with van der Waals surface area (Å²) in [6.45, 7) is 1.19. The Morgan fingerprint density at radius 3 is 2.51 bits per heavy atom. The summed E-state index contributed by atoms with van der Waals surface area (Å²) in [5.41, 5.74) is 4.05. The number of amides is 3. The Labute approximate surface area is 219 Å². The van der Waals surface area contributed by atoms with Gasteiger partial charge in [0.2, 0.25) is 5.91 Å². The van der Waals surface area contributed by atoms with Gasteiger partial charge in [0.05, 0.1) is 12.0 Å². The molecule has 0 aliphatic carbocycles. The minimum absolute atomic E-state index is 0.236. The summed E-state index contributed by atoms with van der Waals surface area (Å²) in [5.74, 6) is 0.388. The molecule has 0 saturated carbocycles. The maximum absolute atomic E-state index is 13.0. The molecule has 1 saturated heterocycles. The molecule has 0 bridgehead atoms. The van der Waals surface area contributed by atoms with Crippen LogP contribution in [0.15, 0.2) is 77.7 Å². The van der Waals surface area contributed by atoms with E-state index in [1.807, 2.05) is 48.5 Å². The van der Waals surface area contributed by atoms with Crippen molar-refractivity contribution in [2.24, 2.45) is 0 Å². The van der Waals surface area contributed by atoms with Crippen LogP contribution in [0.4, 0.5) is 4.79 Å². The zero-order valence-electron chi connectivity index (χ0n) is 20.4. The zero-order valence-corrected chi connectivity index (χ0v) is 21.2. The van der Waals surface area contributed by atoms with Crippen molar-refractivity contribution in [3.05, 3.63) is 100.0 Å². The highest BCUT2D eigenvalue weighted by atomic mass is 32.2. The lowest BCUT2D eigenvalue weighted by Gasteiger charge is -2.29. The molecule has 0 radical (unpaired) electrons. The number of carbonyl (C=O) groups excluding carboxylic acids is 3. The quantitative estimate of drug-likeness (QED) is 0.418. The fraction of sp³-hybridized carbons (Fsp3) is 0.207. The van der Waals surface area contributed by atoms with E-state index < -0.39 is 11.1 Å². The molecule has 2 aliphatic rings. The second kappa shape index (κ2) is 10.9. The summed E-state index contributed by atoms with van der Waals surface area (Å²) >= 11 is 0.835. The number of ether oxygens (including phenoxy) is 2. The highest BCUT2D eigenvalue weighted by Gasteiger charge is 2.37. The number of hydrogen-bond acceptors (Lipinski definition) is 6. The van der Waals surface area contributed by atoms with Crippen molar-refractivity contribution in [2.45, 2.75) is 19.6 Å². The summed E-state index contributed by atoms with van der Waals surface area (Å²) in [6.07, 6.45) is 2.40. The van der Waals surface area contributed by atoms with Gasteiger partial charge in [-0.1, -0.05) is 60.7 Å². The van der Waals surface area contributed by atoms with Crippen molar-refractivity contribution in [3.63, 3.8) is 0 Å². The third kappa shape index (κ3) is 5.54. The second-order valence-corrected chi connectivity index (χ2v) is 9.78. The molecule has 0 aromatic heterocycles. The molecule has 2 aliphatic heterocycles. The molecule has 188 valence electrons. The van der Waals surface area contributed by atoms with E-state index in [-0.39, 0.29) is 17.4 Å². The van der Waals surface area contributed by atoms with Crippen molar-refractivity contribution in [2.75, 3.05) is 20.2 Å². The SMILES string of the molecule is COc1cc(/C=C2/SC(=O)N(CC(=O)N3CCc4ccccc4C3)C2=O)ccc1OCc1ccccc1. The van der Waals surface area contributed by atoms with Crippen molar-refractivity contribution in [1.82, 2.24) is 9.80 Å². The number of imide groups is 1. The van der Waals surface area contributed by atoms with Gasteiger partial charge in [0, 0.05) is 13.1 Å².